The first-order valence-corrected chi connectivity index (χ1v) is 27.3. The zero-order valence-electron chi connectivity index (χ0n) is 47.4. The number of thiazole rings is 1. The van der Waals surface area contributed by atoms with Crippen LogP contribution in [0.25, 0.3) is 31.9 Å². The van der Waals surface area contributed by atoms with Crippen LogP contribution in [-0.4, -0.2) is 4.98 Å². The molecule has 0 saturated heterocycles. The third-order valence-corrected chi connectivity index (χ3v) is 16.4. The first-order valence-electron chi connectivity index (χ1n) is 26.4. The summed E-state index contributed by atoms with van der Waals surface area (Å²) in [7, 11) is 0. The topological polar surface area (TPSA) is 25.9 Å². The molecular weight excluding hydrogens is 1340 g/mol. The average Bonchev–Trinajstić information content (AvgIpc) is 4.33. The number of hydrogen-bond donors (Lipinski definition) is 0. The summed E-state index contributed by atoms with van der Waals surface area (Å²) in [6.07, 6.45) is 25.5. The molecule has 3 aliphatic rings. The van der Waals surface area contributed by atoms with E-state index < -0.39 is 0 Å². The second kappa shape index (κ2) is 24.4. The van der Waals surface area contributed by atoms with Crippen molar-refractivity contribution in [2.24, 2.45) is 0 Å². The van der Waals surface area contributed by atoms with Gasteiger partial charge in [-0.15, -0.1) is 60.1 Å². The molecule has 11 rings (SSSR count). The molecule has 2 radical (unpaired) electrons. The van der Waals surface area contributed by atoms with Crippen molar-refractivity contribution in [3.8, 4) is 33.5 Å². The average molecular weight is 1410 g/mol. The smallest absolute Gasteiger partial charge is 0.124 e. The van der Waals surface area contributed by atoms with E-state index in [-0.39, 0.29) is 50.2 Å². The molecule has 1 aliphatic carbocycles. The van der Waals surface area contributed by atoms with Crippen LogP contribution in [0.5, 0.6) is 0 Å². The Bertz CT molecular complexity index is 3370. The van der Waals surface area contributed by atoms with Crippen molar-refractivity contribution in [1.29, 1.82) is 0 Å². The molecule has 0 N–H and O–H groups in total. The summed E-state index contributed by atoms with van der Waals surface area (Å²) < 4.78 is 1.08. The van der Waals surface area contributed by atoms with E-state index in [0.29, 0.717) is 0 Å². The van der Waals surface area contributed by atoms with E-state index in [1.54, 1.807) is 11.3 Å². The molecule has 0 spiro atoms. The van der Waals surface area contributed by atoms with Crippen LogP contribution in [0.2, 0.25) is 0 Å². The molecule has 0 unspecified atom stereocenters. The normalized spacial score (nSPS) is 13.4. The molecule has 8 aromatic rings. The van der Waals surface area contributed by atoms with Gasteiger partial charge in [0.25, 0.3) is 0 Å². The number of aromatic nitrogens is 1. The number of rotatable bonds is 7. The SMILES string of the molecule is Cc1cc(C)c(N2C=CN(c3c(C)cc(C)cc3C)[CH-]2)c(C)c1.Cc1cc(C)c(N2C=CN(c3c(C)cc(C)cc3C)[CH-]2)c(C)c1.[Au].[Au].[C-]#Cc1ccc2c(c1)C(CC)(CC)c1cc(-c3nc4ccc(C#[C-])cc4s3)ccc1-2. The maximum Gasteiger partial charge on any atom is 0.124 e. The molecule has 5 nitrogen and oxygen atoms in total. The van der Waals surface area contributed by atoms with Crippen LogP contribution >= 0.6 is 11.3 Å². The van der Waals surface area contributed by atoms with Gasteiger partial charge in [-0.2, -0.15) is 0 Å². The van der Waals surface area contributed by atoms with Crippen LogP contribution in [0.15, 0.2) is 128 Å². The molecule has 406 valence electrons. The molecule has 8 heteroatoms. The van der Waals surface area contributed by atoms with Gasteiger partial charge in [-0.05, 0) is 194 Å². The van der Waals surface area contributed by atoms with Gasteiger partial charge in [0.05, 0.1) is 5.52 Å². The van der Waals surface area contributed by atoms with E-state index in [0.717, 1.165) is 44.8 Å². The fourth-order valence-electron chi connectivity index (χ4n) is 12.4. The third-order valence-electron chi connectivity index (χ3n) is 15.3. The molecule has 3 heterocycles. The Kier molecular flexibility index (Phi) is 18.6. The van der Waals surface area contributed by atoms with Gasteiger partial charge >= 0.3 is 0 Å². The number of anilines is 4. The van der Waals surface area contributed by atoms with E-state index in [4.69, 9.17) is 17.8 Å². The Hall–Kier alpha value is -6.29. The molecule has 1 aromatic heterocycles. The predicted molar refractivity (Wildman–Crippen MR) is 324 cm³/mol. The summed E-state index contributed by atoms with van der Waals surface area (Å²) in [5.41, 5.74) is 29.7. The van der Waals surface area contributed by atoms with Crippen LogP contribution in [0, 0.1) is 121 Å². The summed E-state index contributed by atoms with van der Waals surface area (Å²) >= 11 is 1.66. The fraction of sp³-hybridized carbons (Fsp3) is 0.243. The van der Waals surface area contributed by atoms with Gasteiger partial charge in [-0.3, -0.25) is 11.8 Å². The molecule has 7 aromatic carbocycles. The standard InChI is InChI=1S/C28H19NS.2C21H25N2.2Au/c1-5-18-9-12-21-22-13-11-20(17-24(22)28(7-3,8-4)23(21)15-18)27-29-25-14-10-19(6-2)16-26(25)30-27;2*1-14-9-16(3)20(17(4)10-14)22-7-8-23(13-22)21-18(5)11-15(2)12-19(21)6;;/h9-17H,7-8H2,3-4H3;2*7-13H,1-6H3;;/q-2;2*-1;;. The zero-order valence-corrected chi connectivity index (χ0v) is 52.6. The molecule has 0 atom stereocenters. The third kappa shape index (κ3) is 11.6. The monoisotopic (exact) mass is 1410 g/mol. The fourth-order valence-corrected chi connectivity index (χ4v) is 13.4. The van der Waals surface area contributed by atoms with Gasteiger partial charge in [-0.1, -0.05) is 109 Å². The van der Waals surface area contributed by atoms with Crippen LogP contribution in [-0.2, 0) is 50.2 Å². The quantitative estimate of drug-likeness (QED) is 0.0900. The predicted octanol–water partition coefficient (Wildman–Crippen LogP) is 17.8. The van der Waals surface area contributed by atoms with E-state index in [2.05, 4.69) is 245 Å². The Morgan fingerprint density at radius 2 is 0.782 bits per heavy atom. The van der Waals surface area contributed by atoms with Crippen molar-refractivity contribution >= 4 is 44.3 Å². The van der Waals surface area contributed by atoms with Crippen LogP contribution < -0.4 is 19.6 Å². The molecule has 2 aliphatic heterocycles. The Morgan fingerprint density at radius 3 is 1.14 bits per heavy atom. The maximum atomic E-state index is 7.57. The number of nitrogens with zero attached hydrogens (tertiary/aromatic N) is 5. The van der Waals surface area contributed by atoms with E-state index in [1.165, 1.54) is 112 Å². The Morgan fingerprint density at radius 1 is 0.449 bits per heavy atom. The van der Waals surface area contributed by atoms with Crippen molar-refractivity contribution in [3.63, 3.8) is 0 Å². The number of aryl methyl sites for hydroxylation is 12. The van der Waals surface area contributed by atoms with E-state index in [9.17, 15) is 0 Å². The first kappa shape index (κ1) is 59.4. The molecule has 78 heavy (non-hydrogen) atoms. The summed E-state index contributed by atoms with van der Waals surface area (Å²) in [5, 5.41) is 1.00. The summed E-state index contributed by atoms with van der Waals surface area (Å²) in [6.45, 7) is 34.9. The minimum Gasteiger partial charge on any atom is -0.479 e. The van der Waals surface area contributed by atoms with Crippen molar-refractivity contribution in [2.45, 2.75) is 115 Å². The van der Waals surface area contributed by atoms with Gasteiger partial charge in [0.2, 0.25) is 0 Å². The number of hydrogen-bond acceptors (Lipinski definition) is 6. The van der Waals surface area contributed by atoms with Crippen LogP contribution in [0.4, 0.5) is 22.7 Å². The Balaban J connectivity index is 0.000000170. The summed E-state index contributed by atoms with van der Waals surface area (Å²) in [4.78, 5) is 13.8. The molecule has 0 fully saturated rings. The van der Waals surface area contributed by atoms with Crippen molar-refractivity contribution < 1.29 is 44.8 Å². The molecule has 0 amide bonds. The minimum atomic E-state index is -0.0491. The van der Waals surface area contributed by atoms with Gasteiger partial charge in [-0.25, -0.2) is 4.98 Å². The summed E-state index contributed by atoms with van der Waals surface area (Å²) in [5.74, 6) is 5.01. The van der Waals surface area contributed by atoms with E-state index in [1.807, 2.05) is 24.3 Å². The number of fused-ring (bicyclic) bond motifs is 4. The van der Waals surface area contributed by atoms with Gasteiger partial charge in [0.1, 0.15) is 5.01 Å². The van der Waals surface area contributed by atoms with Gasteiger partial charge in [0, 0.05) is 83.2 Å². The number of benzene rings is 7. The van der Waals surface area contributed by atoms with Gasteiger partial charge in [0.15, 0.2) is 0 Å². The second-order valence-electron chi connectivity index (χ2n) is 21.2. The van der Waals surface area contributed by atoms with Crippen LogP contribution in [0.1, 0.15) is 116 Å². The Labute approximate surface area is 501 Å². The summed E-state index contributed by atoms with van der Waals surface area (Å²) in [6, 6.07) is 36.8. The zero-order chi connectivity index (χ0) is 54.3. The van der Waals surface area contributed by atoms with E-state index >= 15 is 0 Å². The van der Waals surface area contributed by atoms with Crippen LogP contribution in [0.3, 0.4) is 0 Å². The van der Waals surface area contributed by atoms with Gasteiger partial charge < -0.3 is 32.4 Å². The molecule has 0 saturated carbocycles. The molecular formula is C70H69Au2N5S-4. The maximum absolute atomic E-state index is 7.57. The van der Waals surface area contributed by atoms with Crippen molar-refractivity contribution in [1.82, 2.24) is 4.98 Å². The molecule has 0 bridgehead atoms. The first-order chi connectivity index (χ1) is 36.4. The largest absolute Gasteiger partial charge is 0.479 e. The van der Waals surface area contributed by atoms with Crippen molar-refractivity contribution in [2.75, 3.05) is 19.6 Å². The second-order valence-corrected chi connectivity index (χ2v) is 22.2. The minimum absolute atomic E-state index is 0. The van der Waals surface area contributed by atoms with Crippen molar-refractivity contribution in [3.05, 3.63) is 243 Å².